The van der Waals surface area contributed by atoms with Crippen molar-refractivity contribution in [3.8, 4) is 17.0 Å². The molecule has 1 heterocycles. The minimum Gasteiger partial charge on any atom is -0.497 e. The van der Waals surface area contributed by atoms with Gasteiger partial charge in [0, 0.05) is 18.2 Å². The zero-order valence-electron chi connectivity index (χ0n) is 10.5. The van der Waals surface area contributed by atoms with Gasteiger partial charge in [-0.05, 0) is 24.3 Å². The Bertz CT molecular complexity index is 593. The van der Waals surface area contributed by atoms with Crippen molar-refractivity contribution >= 4 is 5.95 Å². The molecule has 0 aliphatic heterocycles. The lowest BCUT2D eigenvalue weighted by Gasteiger charge is -2.06. The number of aliphatic hydroxyl groups excluding tert-OH is 1. The number of rotatable bonds is 5. The number of hydrogen-bond acceptors (Lipinski definition) is 5. The number of benzene rings is 1. The molecule has 3 N–H and O–H groups in total. The number of anilines is 1. The van der Waals surface area contributed by atoms with Crippen LogP contribution in [0.4, 0.5) is 5.95 Å². The van der Waals surface area contributed by atoms with Crippen LogP contribution in [0.15, 0.2) is 35.1 Å². The minimum absolute atomic E-state index is 0.0313. The largest absolute Gasteiger partial charge is 0.497 e. The van der Waals surface area contributed by atoms with Gasteiger partial charge in [-0.15, -0.1) is 0 Å². The molecule has 0 radical (unpaired) electrons. The SMILES string of the molecule is COc1ccc(-c2cc(=O)[nH]c(NCCO)n2)cc1. The van der Waals surface area contributed by atoms with Crippen molar-refractivity contribution in [1.82, 2.24) is 9.97 Å². The Kier molecular flexibility index (Phi) is 4.15. The highest BCUT2D eigenvalue weighted by Crippen LogP contribution is 2.20. The number of aliphatic hydroxyl groups is 1. The van der Waals surface area contributed by atoms with Crippen LogP contribution in [0.3, 0.4) is 0 Å². The van der Waals surface area contributed by atoms with Gasteiger partial charge in [-0.2, -0.15) is 0 Å². The van der Waals surface area contributed by atoms with Crippen LogP contribution in [0.25, 0.3) is 11.3 Å². The van der Waals surface area contributed by atoms with Crippen LogP contribution in [0.2, 0.25) is 0 Å². The number of aromatic amines is 1. The van der Waals surface area contributed by atoms with Crippen LogP contribution in [0.5, 0.6) is 5.75 Å². The molecule has 6 heteroatoms. The Morgan fingerprint density at radius 1 is 1.37 bits per heavy atom. The smallest absolute Gasteiger partial charge is 0.252 e. The number of aromatic nitrogens is 2. The summed E-state index contributed by atoms with van der Waals surface area (Å²) < 4.78 is 5.08. The average molecular weight is 261 g/mol. The zero-order chi connectivity index (χ0) is 13.7. The molecular weight excluding hydrogens is 246 g/mol. The topological polar surface area (TPSA) is 87.2 Å². The van der Waals surface area contributed by atoms with Crippen molar-refractivity contribution in [1.29, 1.82) is 0 Å². The lowest BCUT2D eigenvalue weighted by atomic mass is 10.1. The normalized spacial score (nSPS) is 10.2. The third-order valence-electron chi connectivity index (χ3n) is 2.53. The molecule has 0 saturated heterocycles. The Balaban J connectivity index is 2.32. The van der Waals surface area contributed by atoms with Crippen LogP contribution in [0.1, 0.15) is 0 Å². The summed E-state index contributed by atoms with van der Waals surface area (Å²) in [5.41, 5.74) is 1.13. The van der Waals surface area contributed by atoms with E-state index in [1.54, 1.807) is 19.2 Å². The van der Waals surface area contributed by atoms with E-state index in [0.29, 0.717) is 18.2 Å². The van der Waals surface area contributed by atoms with E-state index in [0.717, 1.165) is 11.3 Å². The molecule has 0 atom stereocenters. The average Bonchev–Trinajstić information content (AvgIpc) is 2.44. The van der Waals surface area contributed by atoms with Crippen molar-refractivity contribution in [2.24, 2.45) is 0 Å². The van der Waals surface area contributed by atoms with Gasteiger partial charge < -0.3 is 15.2 Å². The van der Waals surface area contributed by atoms with Crippen molar-refractivity contribution < 1.29 is 9.84 Å². The molecule has 2 rings (SSSR count). The van der Waals surface area contributed by atoms with Crippen LogP contribution in [-0.4, -0.2) is 35.3 Å². The van der Waals surface area contributed by atoms with Gasteiger partial charge in [0.05, 0.1) is 19.4 Å². The lowest BCUT2D eigenvalue weighted by molar-refractivity contribution is 0.311. The third-order valence-corrected chi connectivity index (χ3v) is 2.53. The fourth-order valence-electron chi connectivity index (χ4n) is 1.63. The molecule has 0 spiro atoms. The van der Waals surface area contributed by atoms with E-state index >= 15 is 0 Å². The molecule has 0 aliphatic rings. The lowest BCUT2D eigenvalue weighted by Crippen LogP contribution is -2.15. The molecule has 0 bridgehead atoms. The van der Waals surface area contributed by atoms with Crippen molar-refractivity contribution in [2.45, 2.75) is 0 Å². The van der Waals surface area contributed by atoms with Gasteiger partial charge in [0.25, 0.3) is 5.56 Å². The third kappa shape index (κ3) is 3.32. The summed E-state index contributed by atoms with van der Waals surface area (Å²) in [7, 11) is 1.59. The second-order valence-electron chi connectivity index (χ2n) is 3.86. The maximum absolute atomic E-state index is 11.5. The van der Waals surface area contributed by atoms with Crippen LogP contribution >= 0.6 is 0 Å². The highest BCUT2D eigenvalue weighted by molar-refractivity contribution is 5.60. The molecule has 0 unspecified atom stereocenters. The van der Waals surface area contributed by atoms with E-state index < -0.39 is 0 Å². The summed E-state index contributed by atoms with van der Waals surface area (Å²) in [6.07, 6.45) is 0. The number of nitrogens with one attached hydrogen (secondary N) is 2. The van der Waals surface area contributed by atoms with Gasteiger partial charge >= 0.3 is 0 Å². The standard InChI is InChI=1S/C13H15N3O3/c1-19-10-4-2-9(3-5-10)11-8-12(18)16-13(15-11)14-6-7-17/h2-5,8,17H,6-7H2,1H3,(H2,14,15,16,18). The van der Waals surface area contributed by atoms with E-state index in [1.807, 2.05) is 12.1 Å². The van der Waals surface area contributed by atoms with Gasteiger partial charge in [-0.1, -0.05) is 0 Å². The molecule has 6 nitrogen and oxygen atoms in total. The number of methoxy groups -OCH3 is 1. The summed E-state index contributed by atoms with van der Waals surface area (Å²) in [5.74, 6) is 1.08. The van der Waals surface area contributed by atoms with Gasteiger partial charge in [0.15, 0.2) is 0 Å². The second kappa shape index (κ2) is 6.01. The van der Waals surface area contributed by atoms with E-state index in [4.69, 9.17) is 9.84 Å². The Morgan fingerprint density at radius 2 is 2.11 bits per heavy atom. The first kappa shape index (κ1) is 13.1. The van der Waals surface area contributed by atoms with Crippen LogP contribution in [-0.2, 0) is 0 Å². The summed E-state index contributed by atoms with van der Waals surface area (Å²) in [5, 5.41) is 11.6. The summed E-state index contributed by atoms with van der Waals surface area (Å²) in [4.78, 5) is 18.4. The van der Waals surface area contributed by atoms with Gasteiger partial charge in [-0.3, -0.25) is 9.78 Å². The quantitative estimate of drug-likeness (QED) is 0.742. The monoisotopic (exact) mass is 261 g/mol. The molecule has 0 saturated carbocycles. The zero-order valence-corrected chi connectivity index (χ0v) is 10.5. The maximum Gasteiger partial charge on any atom is 0.252 e. The molecule has 100 valence electrons. The van der Waals surface area contributed by atoms with Crippen molar-refractivity contribution in [3.05, 3.63) is 40.7 Å². The predicted molar refractivity (Wildman–Crippen MR) is 72.4 cm³/mol. The van der Waals surface area contributed by atoms with E-state index in [2.05, 4.69) is 15.3 Å². The van der Waals surface area contributed by atoms with Gasteiger partial charge in [0.2, 0.25) is 5.95 Å². The molecule has 19 heavy (non-hydrogen) atoms. The molecule has 0 aliphatic carbocycles. The molecule has 2 aromatic rings. The molecule has 0 fully saturated rings. The maximum atomic E-state index is 11.5. The fraction of sp³-hybridized carbons (Fsp3) is 0.231. The van der Waals surface area contributed by atoms with E-state index in [1.165, 1.54) is 6.07 Å². The first-order chi connectivity index (χ1) is 9.22. The highest BCUT2D eigenvalue weighted by atomic mass is 16.5. The molecule has 0 amide bonds. The number of ether oxygens (including phenoxy) is 1. The van der Waals surface area contributed by atoms with Gasteiger partial charge in [0.1, 0.15) is 5.75 Å². The van der Waals surface area contributed by atoms with Crippen LogP contribution < -0.4 is 15.6 Å². The van der Waals surface area contributed by atoms with Crippen molar-refractivity contribution in [3.63, 3.8) is 0 Å². The number of nitrogens with zero attached hydrogens (tertiary/aromatic N) is 1. The Morgan fingerprint density at radius 3 is 2.74 bits per heavy atom. The summed E-state index contributed by atoms with van der Waals surface area (Å²) in [6.45, 7) is 0.297. The highest BCUT2D eigenvalue weighted by Gasteiger charge is 2.04. The number of hydrogen-bond donors (Lipinski definition) is 3. The molecular formula is C13H15N3O3. The second-order valence-corrected chi connectivity index (χ2v) is 3.86. The summed E-state index contributed by atoms with van der Waals surface area (Å²) in [6, 6.07) is 8.69. The summed E-state index contributed by atoms with van der Waals surface area (Å²) >= 11 is 0. The minimum atomic E-state index is -0.249. The first-order valence-corrected chi connectivity index (χ1v) is 5.83. The van der Waals surface area contributed by atoms with Crippen LogP contribution in [0, 0.1) is 0 Å². The number of H-pyrrole nitrogens is 1. The Hall–Kier alpha value is -2.34. The van der Waals surface area contributed by atoms with Crippen molar-refractivity contribution in [2.75, 3.05) is 25.6 Å². The molecule has 1 aromatic carbocycles. The predicted octanol–water partition coefficient (Wildman–Crippen LogP) is 0.850. The van der Waals surface area contributed by atoms with Gasteiger partial charge in [-0.25, -0.2) is 4.98 Å². The molecule has 1 aromatic heterocycles. The van der Waals surface area contributed by atoms with E-state index in [9.17, 15) is 4.79 Å². The first-order valence-electron chi connectivity index (χ1n) is 5.83. The van der Waals surface area contributed by atoms with E-state index in [-0.39, 0.29) is 12.2 Å². The Labute approximate surface area is 110 Å². The fourth-order valence-corrected chi connectivity index (χ4v) is 1.63.